The molecule has 0 saturated heterocycles. The van der Waals surface area contributed by atoms with Gasteiger partial charge in [0.15, 0.2) is 5.78 Å². The first-order valence-corrected chi connectivity index (χ1v) is 4.67. The standard InChI is InChI=1S/C8H8F3NOS/c9-8(10,11)7-2-1-6(14-7)5(13)3-4-12/h1-2H,3-4,12H2. The average Bonchev–Trinajstić information content (AvgIpc) is 2.51. The highest BCUT2D eigenvalue weighted by atomic mass is 32.1. The maximum atomic E-state index is 12.1. The van der Waals surface area contributed by atoms with Crippen molar-refractivity contribution in [3.63, 3.8) is 0 Å². The molecular weight excluding hydrogens is 215 g/mol. The topological polar surface area (TPSA) is 43.1 Å². The SMILES string of the molecule is NCCC(=O)c1ccc(C(F)(F)F)s1. The van der Waals surface area contributed by atoms with Crippen LogP contribution in [0.15, 0.2) is 12.1 Å². The monoisotopic (exact) mass is 223 g/mol. The van der Waals surface area contributed by atoms with Gasteiger partial charge in [-0.3, -0.25) is 4.79 Å². The Morgan fingerprint density at radius 3 is 2.50 bits per heavy atom. The predicted octanol–water partition coefficient (Wildman–Crippen LogP) is 2.30. The number of Topliss-reactive ketones (excluding diaryl/α,β-unsaturated/α-hetero) is 1. The number of nitrogens with two attached hydrogens (primary N) is 1. The van der Waals surface area contributed by atoms with E-state index in [2.05, 4.69) is 0 Å². The van der Waals surface area contributed by atoms with Crippen LogP contribution in [0, 0.1) is 0 Å². The summed E-state index contributed by atoms with van der Waals surface area (Å²) in [5.74, 6) is -0.340. The third-order valence-electron chi connectivity index (χ3n) is 1.53. The molecule has 1 rings (SSSR count). The van der Waals surface area contributed by atoms with Crippen molar-refractivity contribution >= 4 is 17.1 Å². The van der Waals surface area contributed by atoms with Crippen LogP contribution in [0.3, 0.4) is 0 Å². The first kappa shape index (κ1) is 11.2. The molecule has 0 aliphatic rings. The van der Waals surface area contributed by atoms with Crippen LogP contribution in [0.4, 0.5) is 13.2 Å². The Morgan fingerprint density at radius 2 is 2.07 bits per heavy atom. The minimum Gasteiger partial charge on any atom is -0.330 e. The van der Waals surface area contributed by atoms with Gasteiger partial charge >= 0.3 is 6.18 Å². The second-order valence-electron chi connectivity index (χ2n) is 2.62. The van der Waals surface area contributed by atoms with Crippen molar-refractivity contribution in [2.75, 3.05) is 6.54 Å². The zero-order chi connectivity index (χ0) is 10.8. The molecule has 0 radical (unpaired) electrons. The molecule has 1 heterocycles. The largest absolute Gasteiger partial charge is 0.425 e. The number of halogens is 3. The number of hydrogen-bond donors (Lipinski definition) is 1. The second kappa shape index (κ2) is 4.10. The van der Waals surface area contributed by atoms with Crippen LogP contribution in [-0.4, -0.2) is 12.3 Å². The lowest BCUT2D eigenvalue weighted by atomic mass is 10.2. The number of thiophene rings is 1. The molecule has 2 N–H and O–H groups in total. The van der Waals surface area contributed by atoms with Gasteiger partial charge in [0.2, 0.25) is 0 Å². The molecule has 0 atom stereocenters. The minimum absolute atomic E-state index is 0.0812. The first-order valence-electron chi connectivity index (χ1n) is 3.85. The van der Waals surface area contributed by atoms with E-state index in [1.54, 1.807) is 0 Å². The van der Waals surface area contributed by atoms with Crippen molar-refractivity contribution in [3.05, 3.63) is 21.9 Å². The number of alkyl halides is 3. The second-order valence-corrected chi connectivity index (χ2v) is 3.71. The number of ketones is 1. The van der Waals surface area contributed by atoms with Crippen molar-refractivity contribution in [2.45, 2.75) is 12.6 Å². The van der Waals surface area contributed by atoms with E-state index >= 15 is 0 Å². The summed E-state index contributed by atoms with van der Waals surface area (Å²) in [4.78, 5) is 10.5. The van der Waals surface area contributed by atoms with Crippen molar-refractivity contribution in [2.24, 2.45) is 5.73 Å². The minimum atomic E-state index is -4.37. The average molecular weight is 223 g/mol. The van der Waals surface area contributed by atoms with Crippen LogP contribution in [-0.2, 0) is 6.18 Å². The summed E-state index contributed by atoms with van der Waals surface area (Å²) in [5, 5.41) is 0. The third-order valence-corrected chi connectivity index (χ3v) is 2.70. The van der Waals surface area contributed by atoms with Gasteiger partial charge in [-0.1, -0.05) is 0 Å². The normalized spacial score (nSPS) is 11.7. The Bertz CT molecular complexity index is 332. The summed E-state index contributed by atoms with van der Waals surface area (Å²) in [6.45, 7) is 0.151. The van der Waals surface area contributed by atoms with Crippen molar-refractivity contribution in [1.82, 2.24) is 0 Å². The Labute approximate surface area is 82.5 Å². The van der Waals surface area contributed by atoms with E-state index in [0.29, 0.717) is 11.3 Å². The highest BCUT2D eigenvalue weighted by molar-refractivity contribution is 7.14. The van der Waals surface area contributed by atoms with Gasteiger partial charge in [0.05, 0.1) is 4.88 Å². The highest BCUT2D eigenvalue weighted by Gasteiger charge is 2.32. The van der Waals surface area contributed by atoms with Crippen LogP contribution < -0.4 is 5.73 Å². The molecule has 0 unspecified atom stereocenters. The lowest BCUT2D eigenvalue weighted by molar-refractivity contribution is -0.134. The zero-order valence-corrected chi connectivity index (χ0v) is 7.91. The third kappa shape index (κ3) is 2.55. The number of carbonyl (C=O) groups excluding carboxylic acids is 1. The molecule has 78 valence electrons. The van der Waals surface area contributed by atoms with E-state index < -0.39 is 11.1 Å². The number of hydrogen-bond acceptors (Lipinski definition) is 3. The Morgan fingerprint density at radius 1 is 1.43 bits per heavy atom. The summed E-state index contributed by atoms with van der Waals surface area (Å²) in [7, 11) is 0. The van der Waals surface area contributed by atoms with Gasteiger partial charge in [-0.05, 0) is 18.7 Å². The maximum Gasteiger partial charge on any atom is 0.425 e. The van der Waals surface area contributed by atoms with E-state index in [-0.39, 0.29) is 23.6 Å². The quantitative estimate of drug-likeness (QED) is 0.799. The summed E-state index contributed by atoms with van der Waals surface area (Å²) in [6.07, 6.45) is -4.29. The molecule has 2 nitrogen and oxygen atoms in total. The van der Waals surface area contributed by atoms with E-state index in [1.165, 1.54) is 6.07 Å². The fourth-order valence-corrected chi connectivity index (χ4v) is 1.74. The van der Waals surface area contributed by atoms with Crippen molar-refractivity contribution in [3.8, 4) is 0 Å². The lowest BCUT2D eigenvalue weighted by Crippen LogP contribution is -2.06. The molecular formula is C8H8F3NOS. The van der Waals surface area contributed by atoms with Crippen LogP contribution in [0.2, 0.25) is 0 Å². The van der Waals surface area contributed by atoms with Gasteiger partial charge in [0, 0.05) is 6.42 Å². The van der Waals surface area contributed by atoms with E-state index in [4.69, 9.17) is 5.73 Å². The lowest BCUT2D eigenvalue weighted by Gasteiger charge is -2.00. The first-order chi connectivity index (χ1) is 6.45. The Kier molecular flexibility index (Phi) is 3.28. The van der Waals surface area contributed by atoms with Gasteiger partial charge in [-0.15, -0.1) is 11.3 Å². The Balaban J connectivity index is 2.83. The van der Waals surface area contributed by atoms with Crippen molar-refractivity contribution in [1.29, 1.82) is 0 Å². The molecule has 0 aromatic carbocycles. The number of rotatable bonds is 3. The summed E-state index contributed by atoms with van der Waals surface area (Å²) >= 11 is 0.458. The highest BCUT2D eigenvalue weighted by Crippen LogP contribution is 2.34. The fraction of sp³-hybridized carbons (Fsp3) is 0.375. The van der Waals surface area contributed by atoms with Gasteiger partial charge in [-0.2, -0.15) is 13.2 Å². The van der Waals surface area contributed by atoms with Gasteiger partial charge in [0.25, 0.3) is 0 Å². The predicted molar refractivity (Wildman–Crippen MR) is 47.3 cm³/mol. The van der Waals surface area contributed by atoms with Crippen LogP contribution >= 0.6 is 11.3 Å². The Hall–Kier alpha value is -0.880. The van der Waals surface area contributed by atoms with Crippen LogP contribution in [0.25, 0.3) is 0 Å². The molecule has 6 heteroatoms. The smallest absolute Gasteiger partial charge is 0.330 e. The molecule has 0 fully saturated rings. The van der Waals surface area contributed by atoms with Crippen molar-refractivity contribution < 1.29 is 18.0 Å². The van der Waals surface area contributed by atoms with Crippen LogP contribution in [0.1, 0.15) is 21.0 Å². The zero-order valence-electron chi connectivity index (χ0n) is 7.10. The van der Waals surface area contributed by atoms with Crippen LogP contribution in [0.5, 0.6) is 0 Å². The molecule has 0 bridgehead atoms. The number of carbonyl (C=O) groups is 1. The molecule has 0 saturated carbocycles. The van der Waals surface area contributed by atoms with Gasteiger partial charge in [-0.25, -0.2) is 0 Å². The molecule has 1 aromatic heterocycles. The van der Waals surface area contributed by atoms with E-state index in [1.807, 2.05) is 0 Å². The molecule has 0 spiro atoms. The fourth-order valence-electron chi connectivity index (χ4n) is 0.894. The molecule has 14 heavy (non-hydrogen) atoms. The molecule has 0 aliphatic heterocycles. The van der Waals surface area contributed by atoms with E-state index in [9.17, 15) is 18.0 Å². The summed E-state index contributed by atoms with van der Waals surface area (Å²) in [6, 6.07) is 2.10. The molecule has 0 amide bonds. The summed E-state index contributed by atoms with van der Waals surface area (Å²) < 4.78 is 36.4. The van der Waals surface area contributed by atoms with Gasteiger partial charge < -0.3 is 5.73 Å². The van der Waals surface area contributed by atoms with Gasteiger partial charge in [0.1, 0.15) is 4.88 Å². The molecule has 1 aromatic rings. The molecule has 0 aliphatic carbocycles. The summed E-state index contributed by atoms with van der Waals surface area (Å²) in [5.41, 5.74) is 5.12. The maximum absolute atomic E-state index is 12.1. The van der Waals surface area contributed by atoms with E-state index in [0.717, 1.165) is 6.07 Å².